The van der Waals surface area contributed by atoms with E-state index in [0.29, 0.717) is 19.3 Å². The Balaban J connectivity index is 2.49. The van der Waals surface area contributed by atoms with E-state index < -0.39 is 0 Å². The fourth-order valence-electron chi connectivity index (χ4n) is 1.67. The Hall–Kier alpha value is -1.18. The van der Waals surface area contributed by atoms with Crippen molar-refractivity contribution < 1.29 is 9.18 Å². The number of benzene rings is 1. The van der Waals surface area contributed by atoms with Gasteiger partial charge in [0.25, 0.3) is 0 Å². The van der Waals surface area contributed by atoms with E-state index in [0.717, 1.165) is 18.4 Å². The molecule has 0 N–H and O–H groups in total. The van der Waals surface area contributed by atoms with Gasteiger partial charge in [0.15, 0.2) is 5.78 Å². The summed E-state index contributed by atoms with van der Waals surface area (Å²) in [5, 5.41) is 0. The lowest BCUT2D eigenvalue weighted by Crippen LogP contribution is -1.99. The highest BCUT2D eigenvalue weighted by Crippen LogP contribution is 2.10. The molecule has 0 bridgehead atoms. The summed E-state index contributed by atoms with van der Waals surface area (Å²) in [5.74, 6) is 0.122. The van der Waals surface area contributed by atoms with Crippen molar-refractivity contribution in [2.24, 2.45) is 0 Å². The molecule has 1 rings (SSSR count). The van der Waals surface area contributed by atoms with Crippen molar-refractivity contribution in [3.8, 4) is 0 Å². The number of rotatable bonds is 7. The lowest BCUT2D eigenvalue weighted by molar-refractivity contribution is 0.0979. The Morgan fingerprint density at radius 3 is 2.44 bits per heavy atom. The maximum absolute atomic E-state index is 11.9. The molecule has 0 saturated heterocycles. The zero-order chi connectivity index (χ0) is 11.8. The van der Waals surface area contributed by atoms with E-state index in [1.807, 2.05) is 24.3 Å². The van der Waals surface area contributed by atoms with Crippen LogP contribution in [0.15, 0.2) is 24.3 Å². The Morgan fingerprint density at radius 1 is 1.19 bits per heavy atom. The molecular weight excluding hydrogens is 203 g/mol. The molecule has 0 heterocycles. The molecule has 0 radical (unpaired) electrons. The number of aryl methyl sites for hydroxylation is 1. The van der Waals surface area contributed by atoms with Crippen LogP contribution < -0.4 is 0 Å². The standard InChI is InChI=1S/C14H19FO/c1-2-5-12-7-9-13(10-8-12)14(16)6-3-4-11-15/h7-10H,2-6,11H2,1H3. The molecule has 2 heteroatoms. The molecule has 0 aliphatic carbocycles. The van der Waals surface area contributed by atoms with Gasteiger partial charge in [0.05, 0.1) is 6.67 Å². The fourth-order valence-corrected chi connectivity index (χ4v) is 1.67. The number of carbonyl (C=O) groups is 1. The van der Waals surface area contributed by atoms with Gasteiger partial charge in [-0.3, -0.25) is 9.18 Å². The van der Waals surface area contributed by atoms with E-state index in [2.05, 4.69) is 6.92 Å². The van der Waals surface area contributed by atoms with Crippen LogP contribution in [0, 0.1) is 0 Å². The number of hydrogen-bond acceptors (Lipinski definition) is 1. The van der Waals surface area contributed by atoms with Crippen LogP contribution >= 0.6 is 0 Å². The lowest BCUT2D eigenvalue weighted by Gasteiger charge is -2.02. The number of unbranched alkanes of at least 4 members (excludes halogenated alkanes) is 1. The average molecular weight is 222 g/mol. The molecule has 0 saturated carbocycles. The van der Waals surface area contributed by atoms with Gasteiger partial charge in [-0.2, -0.15) is 0 Å². The minimum absolute atomic E-state index is 0.122. The lowest BCUT2D eigenvalue weighted by atomic mass is 10.0. The smallest absolute Gasteiger partial charge is 0.162 e. The first-order valence-electron chi connectivity index (χ1n) is 5.96. The molecule has 0 unspecified atom stereocenters. The van der Waals surface area contributed by atoms with Crippen molar-refractivity contribution in [1.29, 1.82) is 0 Å². The normalized spacial score (nSPS) is 10.4. The molecule has 0 aromatic heterocycles. The van der Waals surface area contributed by atoms with Crippen molar-refractivity contribution in [2.45, 2.75) is 39.0 Å². The first kappa shape index (κ1) is 12.9. The molecule has 1 nitrogen and oxygen atoms in total. The third-order valence-corrected chi connectivity index (χ3v) is 2.60. The van der Waals surface area contributed by atoms with Crippen molar-refractivity contribution in [1.82, 2.24) is 0 Å². The van der Waals surface area contributed by atoms with Crippen LogP contribution in [0.4, 0.5) is 4.39 Å². The van der Waals surface area contributed by atoms with Crippen molar-refractivity contribution in [2.75, 3.05) is 6.67 Å². The second kappa shape index (κ2) is 7.15. The van der Waals surface area contributed by atoms with Crippen LogP contribution in [-0.2, 0) is 6.42 Å². The van der Waals surface area contributed by atoms with Gasteiger partial charge in [0.1, 0.15) is 0 Å². The first-order chi connectivity index (χ1) is 7.77. The molecule has 0 aliphatic rings. The van der Waals surface area contributed by atoms with Crippen LogP contribution in [-0.4, -0.2) is 12.5 Å². The van der Waals surface area contributed by atoms with E-state index in [4.69, 9.17) is 0 Å². The fraction of sp³-hybridized carbons (Fsp3) is 0.500. The monoisotopic (exact) mass is 222 g/mol. The third kappa shape index (κ3) is 4.13. The summed E-state index contributed by atoms with van der Waals surface area (Å²) >= 11 is 0. The summed E-state index contributed by atoms with van der Waals surface area (Å²) in [7, 11) is 0. The molecule has 16 heavy (non-hydrogen) atoms. The summed E-state index contributed by atoms with van der Waals surface area (Å²) in [4.78, 5) is 11.7. The Kier molecular flexibility index (Phi) is 5.76. The summed E-state index contributed by atoms with van der Waals surface area (Å²) in [6.07, 6.45) is 3.75. The van der Waals surface area contributed by atoms with E-state index in [1.165, 1.54) is 5.56 Å². The highest BCUT2D eigenvalue weighted by atomic mass is 19.1. The molecule has 1 aromatic rings. The molecule has 0 fully saturated rings. The predicted octanol–water partition coefficient (Wildman–Crippen LogP) is 3.96. The van der Waals surface area contributed by atoms with Crippen LogP contribution in [0.5, 0.6) is 0 Å². The number of halogens is 1. The minimum Gasteiger partial charge on any atom is -0.294 e. The molecule has 0 aliphatic heterocycles. The minimum atomic E-state index is -0.331. The number of Topliss-reactive ketones (excluding diaryl/α,β-unsaturated/α-hetero) is 1. The highest BCUT2D eigenvalue weighted by molar-refractivity contribution is 5.96. The summed E-state index contributed by atoms with van der Waals surface area (Å²) < 4.78 is 11.9. The molecule has 88 valence electrons. The van der Waals surface area contributed by atoms with Gasteiger partial charge in [0, 0.05) is 12.0 Å². The highest BCUT2D eigenvalue weighted by Gasteiger charge is 2.04. The number of ketones is 1. The molecule has 0 amide bonds. The van der Waals surface area contributed by atoms with Gasteiger partial charge in [-0.15, -0.1) is 0 Å². The topological polar surface area (TPSA) is 17.1 Å². The zero-order valence-electron chi connectivity index (χ0n) is 9.84. The molecular formula is C14H19FO. The second-order valence-corrected chi connectivity index (χ2v) is 4.02. The molecule has 0 spiro atoms. The SMILES string of the molecule is CCCc1ccc(C(=O)CCCCF)cc1. The molecule has 1 aromatic carbocycles. The van der Waals surface area contributed by atoms with Gasteiger partial charge in [-0.1, -0.05) is 37.6 Å². The van der Waals surface area contributed by atoms with E-state index in [-0.39, 0.29) is 12.5 Å². The summed E-state index contributed by atoms with van der Waals surface area (Å²) in [6.45, 7) is 1.80. The van der Waals surface area contributed by atoms with E-state index in [1.54, 1.807) is 0 Å². The van der Waals surface area contributed by atoms with Crippen LogP contribution in [0.25, 0.3) is 0 Å². The Labute approximate surface area is 96.7 Å². The number of hydrogen-bond donors (Lipinski definition) is 0. The first-order valence-corrected chi connectivity index (χ1v) is 5.96. The maximum atomic E-state index is 11.9. The van der Waals surface area contributed by atoms with Crippen LogP contribution in [0.2, 0.25) is 0 Å². The maximum Gasteiger partial charge on any atom is 0.162 e. The molecule has 0 atom stereocenters. The zero-order valence-corrected chi connectivity index (χ0v) is 9.84. The second-order valence-electron chi connectivity index (χ2n) is 4.02. The largest absolute Gasteiger partial charge is 0.294 e. The Bertz CT molecular complexity index is 316. The quantitative estimate of drug-likeness (QED) is 0.504. The van der Waals surface area contributed by atoms with Crippen molar-refractivity contribution >= 4 is 5.78 Å². The summed E-state index contributed by atoms with van der Waals surface area (Å²) in [5.41, 5.74) is 2.02. The van der Waals surface area contributed by atoms with Crippen molar-refractivity contribution in [3.63, 3.8) is 0 Å². The van der Waals surface area contributed by atoms with E-state index in [9.17, 15) is 9.18 Å². The van der Waals surface area contributed by atoms with Gasteiger partial charge >= 0.3 is 0 Å². The number of alkyl halides is 1. The average Bonchev–Trinajstić information content (AvgIpc) is 2.30. The summed E-state index contributed by atoms with van der Waals surface area (Å²) in [6, 6.07) is 7.77. The number of carbonyl (C=O) groups excluding carboxylic acids is 1. The van der Waals surface area contributed by atoms with Gasteiger partial charge in [-0.05, 0) is 24.8 Å². The predicted molar refractivity (Wildman–Crippen MR) is 64.6 cm³/mol. The Morgan fingerprint density at radius 2 is 1.88 bits per heavy atom. The van der Waals surface area contributed by atoms with Crippen LogP contribution in [0.1, 0.15) is 48.5 Å². The van der Waals surface area contributed by atoms with Gasteiger partial charge < -0.3 is 0 Å². The van der Waals surface area contributed by atoms with Gasteiger partial charge in [0.2, 0.25) is 0 Å². The van der Waals surface area contributed by atoms with Crippen LogP contribution in [0.3, 0.4) is 0 Å². The van der Waals surface area contributed by atoms with Crippen molar-refractivity contribution in [3.05, 3.63) is 35.4 Å². The third-order valence-electron chi connectivity index (χ3n) is 2.60. The van der Waals surface area contributed by atoms with Gasteiger partial charge in [-0.25, -0.2) is 0 Å². The van der Waals surface area contributed by atoms with E-state index >= 15 is 0 Å².